The van der Waals surface area contributed by atoms with Crippen LogP contribution in [0.1, 0.15) is 6.42 Å². The molecule has 1 fully saturated rings. The number of nitrogens with zero attached hydrogens (tertiary/aromatic N) is 1. The van der Waals surface area contributed by atoms with Gasteiger partial charge in [-0.1, -0.05) is 22.9 Å². The lowest BCUT2D eigenvalue weighted by molar-refractivity contribution is 0.187. The highest BCUT2D eigenvalue weighted by Crippen LogP contribution is 2.28. The third-order valence-electron chi connectivity index (χ3n) is 2.92. The van der Waals surface area contributed by atoms with Gasteiger partial charge in [0.2, 0.25) is 0 Å². The van der Waals surface area contributed by atoms with E-state index in [1.165, 1.54) is 4.70 Å². The minimum Gasteiger partial charge on any atom is -0.381 e. The molecular weight excluding hydrogens is 256 g/mol. The highest BCUT2D eigenvalue weighted by atomic mass is 35.5. The van der Waals surface area contributed by atoms with Crippen molar-refractivity contribution in [3.05, 3.63) is 23.2 Å². The Bertz CT molecular complexity index is 522. The molecule has 5 heteroatoms. The third kappa shape index (κ3) is 2.54. The van der Waals surface area contributed by atoms with Crippen LogP contribution >= 0.6 is 22.9 Å². The summed E-state index contributed by atoms with van der Waals surface area (Å²) in [5.41, 5.74) is 0.965. The Labute approximate surface area is 109 Å². The Morgan fingerprint density at radius 1 is 1.53 bits per heavy atom. The van der Waals surface area contributed by atoms with Gasteiger partial charge in [0.15, 0.2) is 5.13 Å². The summed E-state index contributed by atoms with van der Waals surface area (Å²) in [6.45, 7) is 2.69. The number of nitrogens with one attached hydrogen (secondary N) is 1. The van der Waals surface area contributed by atoms with E-state index in [4.69, 9.17) is 16.3 Å². The predicted molar refractivity (Wildman–Crippen MR) is 72.0 cm³/mol. The van der Waals surface area contributed by atoms with E-state index in [0.717, 1.165) is 41.9 Å². The summed E-state index contributed by atoms with van der Waals surface area (Å²) in [4.78, 5) is 4.52. The lowest BCUT2D eigenvalue weighted by Crippen LogP contribution is -2.13. The van der Waals surface area contributed by atoms with Crippen molar-refractivity contribution in [3.8, 4) is 0 Å². The number of halogens is 1. The van der Waals surface area contributed by atoms with Crippen molar-refractivity contribution >= 4 is 38.3 Å². The van der Waals surface area contributed by atoms with Crippen LogP contribution in [0.25, 0.3) is 10.2 Å². The Morgan fingerprint density at radius 3 is 3.29 bits per heavy atom. The van der Waals surface area contributed by atoms with E-state index in [0.29, 0.717) is 5.92 Å². The molecule has 1 aliphatic rings. The molecule has 1 aromatic carbocycles. The van der Waals surface area contributed by atoms with E-state index in [2.05, 4.69) is 10.3 Å². The highest BCUT2D eigenvalue weighted by Gasteiger charge is 2.15. The molecule has 3 nitrogen and oxygen atoms in total. The highest BCUT2D eigenvalue weighted by molar-refractivity contribution is 7.22. The van der Waals surface area contributed by atoms with Crippen LogP contribution in [0.15, 0.2) is 18.2 Å². The zero-order valence-corrected chi connectivity index (χ0v) is 10.9. The Morgan fingerprint density at radius 2 is 2.47 bits per heavy atom. The first-order valence-corrected chi connectivity index (χ1v) is 6.88. The first kappa shape index (κ1) is 11.3. The van der Waals surface area contributed by atoms with Crippen LogP contribution in [0.2, 0.25) is 5.02 Å². The molecular formula is C12H13ClN2OS. The lowest BCUT2D eigenvalue weighted by Gasteiger charge is -2.07. The zero-order chi connectivity index (χ0) is 11.7. The molecule has 90 valence electrons. The van der Waals surface area contributed by atoms with Crippen molar-refractivity contribution in [2.75, 3.05) is 25.1 Å². The van der Waals surface area contributed by atoms with Crippen molar-refractivity contribution < 1.29 is 4.74 Å². The molecule has 1 aliphatic heterocycles. The van der Waals surface area contributed by atoms with Gasteiger partial charge in [-0.05, 0) is 24.6 Å². The number of ether oxygens (including phenoxy) is 1. The molecule has 3 rings (SSSR count). The monoisotopic (exact) mass is 268 g/mol. The Balaban J connectivity index is 1.72. The number of hydrogen-bond donors (Lipinski definition) is 1. The number of rotatable bonds is 3. The summed E-state index contributed by atoms with van der Waals surface area (Å²) < 4.78 is 6.51. The molecule has 0 spiro atoms. The lowest BCUT2D eigenvalue weighted by atomic mass is 10.1. The van der Waals surface area contributed by atoms with Crippen LogP contribution in [-0.2, 0) is 4.74 Å². The second-order valence-electron chi connectivity index (χ2n) is 4.24. The van der Waals surface area contributed by atoms with E-state index in [1.807, 2.05) is 18.2 Å². The molecule has 1 aromatic heterocycles. The maximum atomic E-state index is 5.94. The minimum absolute atomic E-state index is 0.616. The third-order valence-corrected chi connectivity index (χ3v) is 4.14. The Hall–Kier alpha value is -0.840. The second-order valence-corrected chi connectivity index (χ2v) is 5.71. The fraction of sp³-hybridized carbons (Fsp3) is 0.417. The SMILES string of the molecule is Clc1ccc2sc(NCC3CCOC3)nc2c1. The molecule has 1 N–H and O–H groups in total. The maximum Gasteiger partial charge on any atom is 0.183 e. The molecule has 1 atom stereocenters. The van der Waals surface area contributed by atoms with Crippen molar-refractivity contribution in [1.29, 1.82) is 0 Å². The smallest absolute Gasteiger partial charge is 0.183 e. The number of fused-ring (bicyclic) bond motifs is 1. The van der Waals surface area contributed by atoms with Crippen LogP contribution in [0.3, 0.4) is 0 Å². The topological polar surface area (TPSA) is 34.1 Å². The van der Waals surface area contributed by atoms with Gasteiger partial charge < -0.3 is 10.1 Å². The van der Waals surface area contributed by atoms with Gasteiger partial charge in [-0.25, -0.2) is 4.98 Å². The van der Waals surface area contributed by atoms with Crippen LogP contribution in [0.4, 0.5) is 5.13 Å². The van der Waals surface area contributed by atoms with Crippen LogP contribution in [0.5, 0.6) is 0 Å². The number of thiazole rings is 1. The normalized spacial score (nSPS) is 19.9. The maximum absolute atomic E-state index is 5.94. The minimum atomic E-state index is 0.616. The van der Waals surface area contributed by atoms with Crippen molar-refractivity contribution in [2.45, 2.75) is 6.42 Å². The number of benzene rings is 1. The predicted octanol–water partition coefficient (Wildman–Crippen LogP) is 3.40. The molecule has 0 bridgehead atoms. The van der Waals surface area contributed by atoms with Crippen molar-refractivity contribution in [2.24, 2.45) is 5.92 Å². The van der Waals surface area contributed by atoms with Gasteiger partial charge >= 0.3 is 0 Å². The van der Waals surface area contributed by atoms with E-state index in [9.17, 15) is 0 Å². The van der Waals surface area contributed by atoms with Gasteiger partial charge in [0.1, 0.15) is 0 Å². The molecule has 0 saturated carbocycles. The standard InChI is InChI=1S/C12H13ClN2OS/c13-9-1-2-11-10(5-9)15-12(17-11)14-6-8-3-4-16-7-8/h1-2,5,8H,3-4,6-7H2,(H,14,15). The molecule has 17 heavy (non-hydrogen) atoms. The van der Waals surface area contributed by atoms with Crippen molar-refractivity contribution in [1.82, 2.24) is 4.98 Å². The van der Waals surface area contributed by atoms with E-state index < -0.39 is 0 Å². The fourth-order valence-electron chi connectivity index (χ4n) is 1.95. The van der Waals surface area contributed by atoms with Gasteiger partial charge in [-0.2, -0.15) is 0 Å². The summed E-state index contributed by atoms with van der Waals surface area (Å²) in [7, 11) is 0. The zero-order valence-electron chi connectivity index (χ0n) is 9.28. The number of anilines is 1. The summed E-state index contributed by atoms with van der Waals surface area (Å²) >= 11 is 7.60. The quantitative estimate of drug-likeness (QED) is 0.926. The van der Waals surface area contributed by atoms with Gasteiger partial charge in [0.25, 0.3) is 0 Å². The summed E-state index contributed by atoms with van der Waals surface area (Å²) in [5, 5.41) is 5.08. The molecule has 2 aromatic rings. The van der Waals surface area contributed by atoms with Gasteiger partial charge in [0.05, 0.1) is 16.8 Å². The molecule has 1 saturated heterocycles. The number of hydrogen-bond acceptors (Lipinski definition) is 4. The first-order chi connectivity index (χ1) is 8.31. The summed E-state index contributed by atoms with van der Waals surface area (Å²) in [6.07, 6.45) is 1.14. The average Bonchev–Trinajstić information content (AvgIpc) is 2.94. The molecule has 0 aliphatic carbocycles. The summed E-state index contributed by atoms with van der Waals surface area (Å²) in [6, 6.07) is 5.81. The van der Waals surface area contributed by atoms with Crippen molar-refractivity contribution in [3.63, 3.8) is 0 Å². The van der Waals surface area contributed by atoms with Crippen LogP contribution in [0, 0.1) is 5.92 Å². The van der Waals surface area contributed by atoms with Crippen LogP contribution in [-0.4, -0.2) is 24.7 Å². The molecule has 1 unspecified atom stereocenters. The molecule has 2 heterocycles. The molecule has 0 radical (unpaired) electrons. The van der Waals surface area contributed by atoms with Crippen LogP contribution < -0.4 is 5.32 Å². The van der Waals surface area contributed by atoms with Gasteiger partial charge in [-0.15, -0.1) is 0 Å². The van der Waals surface area contributed by atoms with E-state index >= 15 is 0 Å². The van der Waals surface area contributed by atoms with Gasteiger partial charge in [0, 0.05) is 24.1 Å². The van der Waals surface area contributed by atoms with Gasteiger partial charge in [-0.3, -0.25) is 0 Å². The average molecular weight is 269 g/mol. The fourth-order valence-corrected chi connectivity index (χ4v) is 2.97. The molecule has 0 amide bonds. The first-order valence-electron chi connectivity index (χ1n) is 5.69. The van der Waals surface area contributed by atoms with E-state index in [-0.39, 0.29) is 0 Å². The Kier molecular flexibility index (Phi) is 3.18. The van der Waals surface area contributed by atoms with E-state index in [1.54, 1.807) is 11.3 Å². The summed E-state index contributed by atoms with van der Waals surface area (Å²) in [5.74, 6) is 0.616. The second kappa shape index (κ2) is 4.80. The number of aromatic nitrogens is 1. The largest absolute Gasteiger partial charge is 0.381 e.